The first-order valence-electron chi connectivity index (χ1n) is 10.1. The molecule has 2 N–H and O–H groups in total. The highest BCUT2D eigenvalue weighted by Gasteiger charge is 2.16. The Morgan fingerprint density at radius 1 is 1.03 bits per heavy atom. The molecule has 0 aliphatic carbocycles. The number of carbonyl (C=O) groups excluding carboxylic acids is 2. The van der Waals surface area contributed by atoms with Crippen molar-refractivity contribution in [2.45, 2.75) is 26.4 Å². The summed E-state index contributed by atoms with van der Waals surface area (Å²) < 4.78 is 2.20. The average molecular weight is 455 g/mol. The number of benzene rings is 2. The van der Waals surface area contributed by atoms with E-state index in [2.05, 4.69) is 10.6 Å². The van der Waals surface area contributed by atoms with Gasteiger partial charge in [-0.1, -0.05) is 48.9 Å². The van der Waals surface area contributed by atoms with E-state index in [1.54, 1.807) is 6.07 Å². The van der Waals surface area contributed by atoms with Gasteiger partial charge in [-0.25, -0.2) is 4.79 Å². The van der Waals surface area contributed by atoms with Crippen molar-refractivity contribution in [2.24, 2.45) is 0 Å². The summed E-state index contributed by atoms with van der Waals surface area (Å²) in [5.41, 5.74) is 0.110. The van der Waals surface area contributed by atoms with Crippen molar-refractivity contribution in [3.8, 4) is 0 Å². The molecule has 8 nitrogen and oxygen atoms in total. The Morgan fingerprint density at radius 2 is 1.78 bits per heavy atom. The molecule has 2 aromatic carbocycles. The van der Waals surface area contributed by atoms with Gasteiger partial charge in [0.2, 0.25) is 5.91 Å². The minimum absolute atomic E-state index is 0.199. The number of nitrogens with zero attached hydrogens (tertiary/aromatic N) is 2. The van der Waals surface area contributed by atoms with Crippen molar-refractivity contribution in [3.63, 3.8) is 0 Å². The number of rotatable bonds is 8. The van der Waals surface area contributed by atoms with Crippen LogP contribution in [0.3, 0.4) is 0 Å². The van der Waals surface area contributed by atoms with Gasteiger partial charge in [0.25, 0.3) is 11.5 Å². The lowest BCUT2D eigenvalue weighted by Crippen LogP contribution is -2.42. The van der Waals surface area contributed by atoms with Crippen molar-refractivity contribution >= 4 is 29.1 Å². The molecule has 0 atom stereocenters. The lowest BCUT2D eigenvalue weighted by atomic mass is 10.1. The summed E-state index contributed by atoms with van der Waals surface area (Å²) >= 11 is 6.03. The first kappa shape index (κ1) is 23.0. The van der Waals surface area contributed by atoms with Crippen LogP contribution in [0.2, 0.25) is 5.02 Å². The SMILES string of the molecule is CCCNC(=O)c1ccc(Cl)cc1NC(=O)Cn1c(=O)ccn(Cc2ccccc2)c1=O. The molecule has 2 amide bonds. The molecule has 0 aliphatic heterocycles. The van der Waals surface area contributed by atoms with Crippen molar-refractivity contribution in [1.29, 1.82) is 0 Å². The lowest BCUT2D eigenvalue weighted by molar-refractivity contribution is -0.116. The van der Waals surface area contributed by atoms with Gasteiger partial charge in [0.1, 0.15) is 6.54 Å². The van der Waals surface area contributed by atoms with Gasteiger partial charge < -0.3 is 10.6 Å². The average Bonchev–Trinajstić information content (AvgIpc) is 2.78. The van der Waals surface area contributed by atoms with E-state index in [1.807, 2.05) is 37.3 Å². The summed E-state index contributed by atoms with van der Waals surface area (Å²) in [4.78, 5) is 50.1. The fraction of sp³-hybridized carbons (Fsp3) is 0.217. The molecule has 0 saturated carbocycles. The summed E-state index contributed by atoms with van der Waals surface area (Å²) in [6.07, 6.45) is 2.16. The number of nitrogens with one attached hydrogen (secondary N) is 2. The van der Waals surface area contributed by atoms with Crippen LogP contribution in [0.5, 0.6) is 0 Å². The molecular weight excluding hydrogens is 432 g/mol. The van der Waals surface area contributed by atoms with E-state index < -0.39 is 23.7 Å². The van der Waals surface area contributed by atoms with E-state index in [0.29, 0.717) is 11.6 Å². The van der Waals surface area contributed by atoms with Crippen LogP contribution >= 0.6 is 11.6 Å². The molecule has 3 aromatic rings. The molecule has 166 valence electrons. The highest BCUT2D eigenvalue weighted by molar-refractivity contribution is 6.31. The van der Waals surface area contributed by atoms with Crippen LogP contribution in [0.15, 0.2) is 70.4 Å². The molecule has 0 radical (unpaired) electrons. The Bertz CT molecular complexity index is 1230. The zero-order valence-corrected chi connectivity index (χ0v) is 18.3. The van der Waals surface area contributed by atoms with Crippen LogP contribution in [-0.4, -0.2) is 27.5 Å². The van der Waals surface area contributed by atoms with Crippen LogP contribution in [0.4, 0.5) is 5.69 Å². The Morgan fingerprint density at radius 3 is 2.50 bits per heavy atom. The Hall–Kier alpha value is -3.65. The maximum absolute atomic E-state index is 12.8. The summed E-state index contributed by atoms with van der Waals surface area (Å²) in [5, 5.41) is 5.66. The third-order valence-electron chi connectivity index (χ3n) is 4.67. The zero-order chi connectivity index (χ0) is 23.1. The summed E-state index contributed by atoms with van der Waals surface area (Å²) in [6, 6.07) is 15.0. The molecule has 1 aromatic heterocycles. The number of halogens is 1. The van der Waals surface area contributed by atoms with E-state index in [-0.39, 0.29) is 23.7 Å². The van der Waals surface area contributed by atoms with E-state index in [9.17, 15) is 19.2 Å². The van der Waals surface area contributed by atoms with E-state index in [0.717, 1.165) is 16.6 Å². The van der Waals surface area contributed by atoms with Gasteiger partial charge in [-0.2, -0.15) is 0 Å². The standard InChI is InChI=1S/C23H23ClN4O4/c1-2-11-25-22(31)18-9-8-17(24)13-19(18)26-20(29)15-28-21(30)10-12-27(23(28)32)14-16-6-4-3-5-7-16/h3-10,12-13H,2,11,14-15H2,1H3,(H,25,31)(H,26,29). The molecular formula is C23H23ClN4O4. The van der Waals surface area contributed by atoms with Gasteiger partial charge in [-0.15, -0.1) is 0 Å². The first-order valence-corrected chi connectivity index (χ1v) is 10.5. The Balaban J connectivity index is 1.82. The summed E-state index contributed by atoms with van der Waals surface area (Å²) in [5.74, 6) is -0.991. The fourth-order valence-corrected chi connectivity index (χ4v) is 3.26. The zero-order valence-electron chi connectivity index (χ0n) is 17.5. The molecule has 0 saturated heterocycles. The number of anilines is 1. The van der Waals surface area contributed by atoms with Crippen LogP contribution in [0.1, 0.15) is 29.3 Å². The predicted octanol–water partition coefficient (Wildman–Crippen LogP) is 2.49. The number of amides is 2. The molecule has 32 heavy (non-hydrogen) atoms. The number of aromatic nitrogens is 2. The maximum Gasteiger partial charge on any atom is 0.331 e. The smallest absolute Gasteiger partial charge is 0.331 e. The van der Waals surface area contributed by atoms with E-state index in [4.69, 9.17) is 11.6 Å². The van der Waals surface area contributed by atoms with Gasteiger partial charge in [-0.3, -0.25) is 23.5 Å². The molecule has 0 fully saturated rings. The largest absolute Gasteiger partial charge is 0.352 e. The van der Waals surface area contributed by atoms with Crippen molar-refractivity contribution in [3.05, 3.63) is 97.8 Å². The van der Waals surface area contributed by atoms with Crippen molar-refractivity contribution < 1.29 is 9.59 Å². The highest BCUT2D eigenvalue weighted by atomic mass is 35.5. The van der Waals surface area contributed by atoms with E-state index in [1.165, 1.54) is 29.0 Å². The molecule has 9 heteroatoms. The third-order valence-corrected chi connectivity index (χ3v) is 4.91. The van der Waals surface area contributed by atoms with Gasteiger partial charge in [-0.05, 0) is 30.2 Å². The quantitative estimate of drug-likeness (QED) is 0.545. The normalized spacial score (nSPS) is 10.6. The second-order valence-corrected chi connectivity index (χ2v) is 7.57. The topological polar surface area (TPSA) is 102 Å². The predicted molar refractivity (Wildman–Crippen MR) is 123 cm³/mol. The van der Waals surface area contributed by atoms with Crippen LogP contribution in [0, 0.1) is 0 Å². The van der Waals surface area contributed by atoms with Crippen LogP contribution < -0.4 is 21.9 Å². The second kappa shape index (κ2) is 10.6. The fourth-order valence-electron chi connectivity index (χ4n) is 3.09. The van der Waals surface area contributed by atoms with Gasteiger partial charge >= 0.3 is 5.69 Å². The van der Waals surface area contributed by atoms with Gasteiger partial charge in [0.05, 0.1) is 17.8 Å². The highest BCUT2D eigenvalue weighted by Crippen LogP contribution is 2.21. The Kier molecular flexibility index (Phi) is 7.62. The molecule has 0 unspecified atom stereocenters. The number of hydrogen-bond donors (Lipinski definition) is 2. The molecule has 0 aliphatic rings. The lowest BCUT2D eigenvalue weighted by Gasteiger charge is -2.13. The van der Waals surface area contributed by atoms with Crippen LogP contribution in [0.25, 0.3) is 0 Å². The Labute approximate surface area is 189 Å². The number of carbonyl (C=O) groups is 2. The number of hydrogen-bond acceptors (Lipinski definition) is 4. The monoisotopic (exact) mass is 454 g/mol. The van der Waals surface area contributed by atoms with Crippen molar-refractivity contribution in [2.75, 3.05) is 11.9 Å². The molecule has 3 rings (SSSR count). The molecule has 0 spiro atoms. The van der Waals surface area contributed by atoms with Gasteiger partial charge in [0.15, 0.2) is 0 Å². The third kappa shape index (κ3) is 5.73. The molecule has 1 heterocycles. The van der Waals surface area contributed by atoms with Gasteiger partial charge in [0, 0.05) is 23.8 Å². The maximum atomic E-state index is 12.8. The summed E-state index contributed by atoms with van der Waals surface area (Å²) in [7, 11) is 0. The molecule has 0 bridgehead atoms. The minimum Gasteiger partial charge on any atom is -0.352 e. The van der Waals surface area contributed by atoms with Crippen LogP contribution in [-0.2, 0) is 17.9 Å². The first-order chi connectivity index (χ1) is 15.4. The van der Waals surface area contributed by atoms with E-state index >= 15 is 0 Å². The minimum atomic E-state index is -0.631. The summed E-state index contributed by atoms with van der Waals surface area (Å²) in [6.45, 7) is 2.16. The second-order valence-electron chi connectivity index (χ2n) is 7.13. The van der Waals surface area contributed by atoms with Crippen molar-refractivity contribution in [1.82, 2.24) is 14.5 Å².